The maximum Gasteiger partial charge on any atom is 0.225 e. The van der Waals surface area contributed by atoms with Crippen LogP contribution < -0.4 is 10.1 Å². The Kier molecular flexibility index (Phi) is 5.61. The first kappa shape index (κ1) is 16.6. The van der Waals surface area contributed by atoms with Crippen LogP contribution in [0.5, 0.6) is 5.75 Å². The summed E-state index contributed by atoms with van der Waals surface area (Å²) in [5.74, 6) is 0.928. The first-order valence-corrected chi connectivity index (χ1v) is 8.36. The van der Waals surface area contributed by atoms with Crippen molar-refractivity contribution in [1.82, 2.24) is 5.32 Å². The highest BCUT2D eigenvalue weighted by molar-refractivity contribution is 7.10. The fourth-order valence-corrected chi connectivity index (χ4v) is 2.90. The van der Waals surface area contributed by atoms with E-state index in [1.807, 2.05) is 35.7 Å². The number of hydrogen-bond acceptors (Lipinski definition) is 3. The lowest BCUT2D eigenvalue weighted by molar-refractivity contribution is -0.120. The Labute approximate surface area is 136 Å². The molecule has 1 aromatic carbocycles. The van der Waals surface area contributed by atoms with Crippen molar-refractivity contribution in [2.75, 3.05) is 13.2 Å². The molecule has 1 aromatic heterocycles. The third kappa shape index (κ3) is 4.88. The normalized spacial score (nSPS) is 11.2. The van der Waals surface area contributed by atoms with E-state index in [1.165, 1.54) is 5.56 Å². The maximum atomic E-state index is 11.8. The number of rotatable bonds is 6. The Bertz CT molecular complexity index is 600. The number of carbonyl (C=O) groups is 1. The van der Waals surface area contributed by atoms with Crippen LogP contribution in [0.15, 0.2) is 41.8 Å². The molecule has 0 fully saturated rings. The van der Waals surface area contributed by atoms with Crippen molar-refractivity contribution in [3.63, 3.8) is 0 Å². The molecule has 0 unspecified atom stereocenters. The van der Waals surface area contributed by atoms with Crippen LogP contribution in [-0.2, 0) is 16.6 Å². The molecule has 0 atom stereocenters. The zero-order chi connectivity index (χ0) is 16.0. The molecule has 0 saturated heterocycles. The van der Waals surface area contributed by atoms with E-state index < -0.39 is 0 Å². The number of nitrogens with one attached hydrogen (secondary N) is 1. The van der Waals surface area contributed by atoms with Crippen molar-refractivity contribution >= 4 is 17.2 Å². The Morgan fingerprint density at radius 2 is 1.95 bits per heavy atom. The van der Waals surface area contributed by atoms with Gasteiger partial charge in [0, 0.05) is 4.88 Å². The van der Waals surface area contributed by atoms with E-state index in [1.54, 1.807) is 11.3 Å². The minimum Gasteiger partial charge on any atom is -0.491 e. The highest BCUT2D eigenvalue weighted by Gasteiger charge is 2.18. The molecule has 1 amide bonds. The van der Waals surface area contributed by atoms with Gasteiger partial charge in [-0.15, -0.1) is 11.3 Å². The molecule has 22 heavy (non-hydrogen) atoms. The van der Waals surface area contributed by atoms with Crippen molar-refractivity contribution in [3.05, 3.63) is 52.2 Å². The fourth-order valence-electron chi connectivity index (χ4n) is 2.20. The molecule has 0 aliphatic carbocycles. The van der Waals surface area contributed by atoms with E-state index in [0.29, 0.717) is 19.6 Å². The van der Waals surface area contributed by atoms with Crippen molar-refractivity contribution in [3.8, 4) is 5.75 Å². The van der Waals surface area contributed by atoms with E-state index in [2.05, 4.69) is 32.2 Å². The Morgan fingerprint density at radius 1 is 1.18 bits per heavy atom. The molecule has 0 radical (unpaired) electrons. The smallest absolute Gasteiger partial charge is 0.225 e. The second-order valence-electron chi connectivity index (χ2n) is 6.20. The van der Waals surface area contributed by atoms with E-state index >= 15 is 0 Å². The van der Waals surface area contributed by atoms with Crippen LogP contribution in [0.2, 0.25) is 0 Å². The summed E-state index contributed by atoms with van der Waals surface area (Å²) in [6.07, 6.45) is 0.441. The summed E-state index contributed by atoms with van der Waals surface area (Å²) < 4.78 is 5.84. The summed E-state index contributed by atoms with van der Waals surface area (Å²) in [6.45, 7) is 7.49. The van der Waals surface area contributed by atoms with Crippen LogP contribution in [0.4, 0.5) is 0 Å². The molecular weight excluding hydrogens is 294 g/mol. The van der Waals surface area contributed by atoms with Crippen LogP contribution in [-0.4, -0.2) is 19.1 Å². The first-order valence-electron chi connectivity index (χ1n) is 7.48. The molecule has 0 spiro atoms. The predicted molar refractivity (Wildman–Crippen MR) is 91.7 cm³/mol. The molecule has 118 valence electrons. The van der Waals surface area contributed by atoms with Crippen molar-refractivity contribution in [1.29, 1.82) is 0 Å². The summed E-state index contributed by atoms with van der Waals surface area (Å²) in [6, 6.07) is 12.0. The summed E-state index contributed by atoms with van der Waals surface area (Å²) in [5, 5.41) is 4.87. The molecule has 4 heteroatoms. The molecule has 0 aliphatic heterocycles. The van der Waals surface area contributed by atoms with Gasteiger partial charge in [-0.2, -0.15) is 0 Å². The van der Waals surface area contributed by atoms with Gasteiger partial charge >= 0.3 is 0 Å². The van der Waals surface area contributed by atoms with E-state index in [4.69, 9.17) is 4.74 Å². The molecule has 1 heterocycles. The van der Waals surface area contributed by atoms with Crippen LogP contribution in [0.3, 0.4) is 0 Å². The number of ether oxygens (including phenoxy) is 1. The molecular formula is C18H23NO2S. The molecule has 1 N–H and O–H groups in total. The molecule has 0 saturated carbocycles. The lowest BCUT2D eigenvalue weighted by Gasteiger charge is -2.22. The fraction of sp³-hybridized carbons (Fsp3) is 0.389. The molecule has 0 bridgehead atoms. The Morgan fingerprint density at radius 3 is 2.64 bits per heavy atom. The summed E-state index contributed by atoms with van der Waals surface area (Å²) in [7, 11) is 0. The number of benzene rings is 1. The van der Waals surface area contributed by atoms with Gasteiger partial charge in [-0.25, -0.2) is 0 Å². The zero-order valence-corrected chi connectivity index (χ0v) is 14.2. The summed E-state index contributed by atoms with van der Waals surface area (Å²) in [5.41, 5.74) is 1.22. The van der Waals surface area contributed by atoms with E-state index in [-0.39, 0.29) is 11.3 Å². The van der Waals surface area contributed by atoms with Crippen molar-refractivity contribution in [2.45, 2.75) is 32.6 Å². The molecule has 3 nitrogen and oxygen atoms in total. The standard InChI is InChI=1S/C18H23NO2S/c1-18(2,3)15-8-4-5-9-16(15)21-11-10-19-17(20)13-14-7-6-12-22-14/h4-9,12H,10-11,13H2,1-3H3,(H,19,20). The average Bonchev–Trinajstić information content (AvgIpc) is 2.96. The third-order valence-electron chi connectivity index (χ3n) is 3.29. The quantitative estimate of drug-likeness (QED) is 0.823. The average molecular weight is 317 g/mol. The van der Waals surface area contributed by atoms with Gasteiger partial charge in [-0.05, 0) is 28.5 Å². The lowest BCUT2D eigenvalue weighted by Crippen LogP contribution is -2.29. The van der Waals surface area contributed by atoms with Gasteiger partial charge in [0.15, 0.2) is 0 Å². The second-order valence-corrected chi connectivity index (χ2v) is 7.23. The van der Waals surface area contributed by atoms with Gasteiger partial charge in [0.2, 0.25) is 5.91 Å². The number of thiophene rings is 1. The monoisotopic (exact) mass is 317 g/mol. The highest BCUT2D eigenvalue weighted by atomic mass is 32.1. The van der Waals surface area contributed by atoms with Crippen LogP contribution in [0.25, 0.3) is 0 Å². The second kappa shape index (κ2) is 7.45. The van der Waals surface area contributed by atoms with Crippen molar-refractivity contribution in [2.24, 2.45) is 0 Å². The largest absolute Gasteiger partial charge is 0.491 e. The zero-order valence-electron chi connectivity index (χ0n) is 13.4. The number of hydrogen-bond donors (Lipinski definition) is 1. The van der Waals surface area contributed by atoms with Crippen molar-refractivity contribution < 1.29 is 9.53 Å². The van der Waals surface area contributed by atoms with Crippen LogP contribution >= 0.6 is 11.3 Å². The SMILES string of the molecule is CC(C)(C)c1ccccc1OCCNC(=O)Cc1cccs1. The maximum absolute atomic E-state index is 11.8. The van der Waals surface area contributed by atoms with Gasteiger partial charge < -0.3 is 10.1 Å². The topological polar surface area (TPSA) is 38.3 Å². The lowest BCUT2D eigenvalue weighted by atomic mass is 9.86. The van der Waals surface area contributed by atoms with Gasteiger partial charge in [0.1, 0.15) is 12.4 Å². The minimum absolute atomic E-state index is 0.0372. The number of amides is 1. The number of carbonyl (C=O) groups excluding carboxylic acids is 1. The molecule has 0 aliphatic rings. The number of para-hydroxylation sites is 1. The first-order chi connectivity index (χ1) is 10.5. The Balaban J connectivity index is 1.78. The van der Waals surface area contributed by atoms with Gasteiger partial charge in [0.05, 0.1) is 13.0 Å². The van der Waals surface area contributed by atoms with Crippen LogP contribution in [0.1, 0.15) is 31.2 Å². The van der Waals surface area contributed by atoms with Gasteiger partial charge in [-0.1, -0.05) is 45.0 Å². The van der Waals surface area contributed by atoms with Gasteiger partial charge in [-0.3, -0.25) is 4.79 Å². The Hall–Kier alpha value is -1.81. The van der Waals surface area contributed by atoms with Gasteiger partial charge in [0.25, 0.3) is 0 Å². The van der Waals surface area contributed by atoms with E-state index in [9.17, 15) is 4.79 Å². The molecule has 2 rings (SSSR count). The minimum atomic E-state index is 0.0372. The third-order valence-corrected chi connectivity index (χ3v) is 4.17. The summed E-state index contributed by atoms with van der Waals surface area (Å²) >= 11 is 1.60. The molecule has 2 aromatic rings. The highest BCUT2D eigenvalue weighted by Crippen LogP contribution is 2.30. The van der Waals surface area contributed by atoms with E-state index in [0.717, 1.165) is 10.6 Å². The van der Waals surface area contributed by atoms with Crippen LogP contribution in [0, 0.1) is 0 Å². The summed E-state index contributed by atoms with van der Waals surface area (Å²) in [4.78, 5) is 12.9. The predicted octanol–water partition coefficient (Wildman–Crippen LogP) is 3.78.